The molecule has 1 unspecified atom stereocenters. The van der Waals surface area contributed by atoms with Crippen LogP contribution in [0.4, 0.5) is 0 Å². The molecule has 66 valence electrons. The summed E-state index contributed by atoms with van der Waals surface area (Å²) in [7, 11) is 0. The molecule has 0 aliphatic rings. The average Bonchev–Trinajstić information content (AvgIpc) is 1.85. The second kappa shape index (κ2) is 4.20. The summed E-state index contributed by atoms with van der Waals surface area (Å²) in [5.41, 5.74) is 0.212. The number of thiocarbonyl (C=S) groups is 1. The van der Waals surface area contributed by atoms with E-state index in [-0.39, 0.29) is 5.41 Å². The molecule has 0 N–H and O–H groups in total. The molecular weight excluding hydrogens is 152 g/mol. The summed E-state index contributed by atoms with van der Waals surface area (Å²) in [4.78, 5) is 1.22. The van der Waals surface area contributed by atoms with Crippen molar-refractivity contribution in [2.24, 2.45) is 11.3 Å². The van der Waals surface area contributed by atoms with Gasteiger partial charge in [-0.15, -0.1) is 0 Å². The normalized spacial score (nSPS) is 14.6. The molecular formula is C10H20S. The second-order valence-electron chi connectivity index (χ2n) is 4.30. The Morgan fingerprint density at radius 1 is 1.36 bits per heavy atom. The first-order valence-corrected chi connectivity index (χ1v) is 4.84. The Balaban J connectivity index is 4.03. The SMILES string of the molecule is CCCC(C)C(=S)C(C)(C)C. The van der Waals surface area contributed by atoms with Crippen molar-refractivity contribution in [3.8, 4) is 0 Å². The molecule has 1 atom stereocenters. The van der Waals surface area contributed by atoms with Crippen molar-refractivity contribution < 1.29 is 0 Å². The van der Waals surface area contributed by atoms with Crippen molar-refractivity contribution in [1.29, 1.82) is 0 Å². The summed E-state index contributed by atoms with van der Waals surface area (Å²) >= 11 is 5.38. The molecule has 0 aliphatic carbocycles. The van der Waals surface area contributed by atoms with Gasteiger partial charge in [-0.2, -0.15) is 0 Å². The van der Waals surface area contributed by atoms with E-state index < -0.39 is 0 Å². The predicted molar refractivity (Wildman–Crippen MR) is 56.1 cm³/mol. The van der Waals surface area contributed by atoms with Gasteiger partial charge < -0.3 is 0 Å². The molecule has 0 radical (unpaired) electrons. The molecule has 0 aliphatic heterocycles. The smallest absolute Gasteiger partial charge is 0.00101 e. The zero-order chi connectivity index (χ0) is 9.07. The van der Waals surface area contributed by atoms with E-state index in [9.17, 15) is 0 Å². The minimum Gasteiger partial charge on any atom is -0.0888 e. The summed E-state index contributed by atoms with van der Waals surface area (Å²) in [6.45, 7) is 11.0. The van der Waals surface area contributed by atoms with Crippen LogP contribution in [0, 0.1) is 11.3 Å². The molecule has 0 aromatic heterocycles. The van der Waals surface area contributed by atoms with Gasteiger partial charge in [0.1, 0.15) is 0 Å². The Morgan fingerprint density at radius 2 is 1.82 bits per heavy atom. The first-order chi connectivity index (χ1) is 4.89. The second-order valence-corrected chi connectivity index (χ2v) is 4.74. The van der Waals surface area contributed by atoms with Crippen molar-refractivity contribution >= 4 is 17.1 Å². The standard InChI is InChI=1S/C10H20S/c1-6-7-8(2)9(11)10(3,4)5/h8H,6-7H2,1-5H3. The first kappa shape index (κ1) is 11.1. The lowest BCUT2D eigenvalue weighted by Crippen LogP contribution is -2.24. The highest BCUT2D eigenvalue weighted by atomic mass is 32.1. The summed E-state index contributed by atoms with van der Waals surface area (Å²) in [6.07, 6.45) is 2.47. The summed E-state index contributed by atoms with van der Waals surface area (Å²) in [6, 6.07) is 0. The van der Waals surface area contributed by atoms with Crippen molar-refractivity contribution in [3.63, 3.8) is 0 Å². The van der Waals surface area contributed by atoms with Gasteiger partial charge in [0.2, 0.25) is 0 Å². The monoisotopic (exact) mass is 172 g/mol. The van der Waals surface area contributed by atoms with Gasteiger partial charge in [0.15, 0.2) is 0 Å². The zero-order valence-corrected chi connectivity index (χ0v) is 9.22. The average molecular weight is 172 g/mol. The van der Waals surface area contributed by atoms with Crippen LogP contribution in [0.3, 0.4) is 0 Å². The Bertz CT molecular complexity index is 130. The lowest BCUT2D eigenvalue weighted by molar-refractivity contribution is 0.541. The van der Waals surface area contributed by atoms with Gasteiger partial charge in [-0.05, 0) is 17.8 Å². The molecule has 0 nitrogen and oxygen atoms in total. The van der Waals surface area contributed by atoms with Crippen LogP contribution in [0.25, 0.3) is 0 Å². The van der Waals surface area contributed by atoms with Gasteiger partial charge in [0, 0.05) is 4.86 Å². The molecule has 0 saturated heterocycles. The predicted octanol–water partition coefficient (Wildman–Crippen LogP) is 3.84. The Hall–Kier alpha value is 0.0900. The molecule has 0 aromatic rings. The third-order valence-corrected chi connectivity index (χ3v) is 2.92. The number of rotatable bonds is 3. The van der Waals surface area contributed by atoms with Crippen LogP contribution in [0.15, 0.2) is 0 Å². The van der Waals surface area contributed by atoms with Gasteiger partial charge in [-0.25, -0.2) is 0 Å². The fraction of sp³-hybridized carbons (Fsp3) is 0.900. The van der Waals surface area contributed by atoms with E-state index >= 15 is 0 Å². The molecule has 0 aromatic carbocycles. The van der Waals surface area contributed by atoms with Gasteiger partial charge in [0.25, 0.3) is 0 Å². The molecule has 0 fully saturated rings. The van der Waals surface area contributed by atoms with E-state index in [0.717, 1.165) is 0 Å². The molecule has 0 saturated carbocycles. The van der Waals surface area contributed by atoms with Gasteiger partial charge in [-0.3, -0.25) is 0 Å². The zero-order valence-electron chi connectivity index (χ0n) is 8.40. The fourth-order valence-corrected chi connectivity index (χ4v) is 1.42. The van der Waals surface area contributed by atoms with Crippen LogP contribution in [-0.4, -0.2) is 4.86 Å². The fourth-order valence-electron chi connectivity index (χ4n) is 1.30. The van der Waals surface area contributed by atoms with Crippen LogP contribution in [0.5, 0.6) is 0 Å². The van der Waals surface area contributed by atoms with Crippen LogP contribution in [-0.2, 0) is 0 Å². The van der Waals surface area contributed by atoms with E-state index in [4.69, 9.17) is 12.2 Å². The van der Waals surface area contributed by atoms with Crippen molar-refractivity contribution in [2.75, 3.05) is 0 Å². The summed E-state index contributed by atoms with van der Waals surface area (Å²) in [5, 5.41) is 0. The highest BCUT2D eigenvalue weighted by Crippen LogP contribution is 2.24. The highest BCUT2D eigenvalue weighted by molar-refractivity contribution is 7.80. The molecule has 0 spiro atoms. The summed E-state index contributed by atoms with van der Waals surface area (Å²) in [5.74, 6) is 0.606. The highest BCUT2D eigenvalue weighted by Gasteiger charge is 2.21. The maximum atomic E-state index is 5.38. The molecule has 0 bridgehead atoms. The van der Waals surface area contributed by atoms with Crippen LogP contribution in [0.1, 0.15) is 47.5 Å². The van der Waals surface area contributed by atoms with E-state index in [1.165, 1.54) is 17.7 Å². The number of hydrogen-bond donors (Lipinski definition) is 0. The van der Waals surface area contributed by atoms with Gasteiger partial charge >= 0.3 is 0 Å². The van der Waals surface area contributed by atoms with Gasteiger partial charge in [0.05, 0.1) is 0 Å². The quantitative estimate of drug-likeness (QED) is 0.583. The Morgan fingerprint density at radius 3 is 2.09 bits per heavy atom. The first-order valence-electron chi connectivity index (χ1n) is 4.44. The van der Waals surface area contributed by atoms with E-state index in [1.54, 1.807) is 0 Å². The van der Waals surface area contributed by atoms with E-state index in [0.29, 0.717) is 5.92 Å². The van der Waals surface area contributed by atoms with Gasteiger partial charge in [-0.1, -0.05) is 53.3 Å². The third kappa shape index (κ3) is 3.85. The minimum absolute atomic E-state index is 0.212. The largest absolute Gasteiger partial charge is 0.0888 e. The van der Waals surface area contributed by atoms with Crippen LogP contribution in [0.2, 0.25) is 0 Å². The van der Waals surface area contributed by atoms with Crippen molar-refractivity contribution in [2.45, 2.75) is 47.5 Å². The molecule has 0 heterocycles. The van der Waals surface area contributed by atoms with E-state index in [2.05, 4.69) is 34.6 Å². The topological polar surface area (TPSA) is 0 Å². The number of hydrogen-bond acceptors (Lipinski definition) is 1. The summed E-state index contributed by atoms with van der Waals surface area (Å²) < 4.78 is 0. The lowest BCUT2D eigenvalue weighted by Gasteiger charge is -2.24. The molecule has 1 heteroatoms. The Kier molecular flexibility index (Phi) is 4.23. The van der Waals surface area contributed by atoms with Crippen molar-refractivity contribution in [1.82, 2.24) is 0 Å². The maximum absolute atomic E-state index is 5.38. The maximum Gasteiger partial charge on any atom is 0.00101 e. The molecule has 11 heavy (non-hydrogen) atoms. The van der Waals surface area contributed by atoms with Crippen LogP contribution < -0.4 is 0 Å². The van der Waals surface area contributed by atoms with E-state index in [1.807, 2.05) is 0 Å². The minimum atomic E-state index is 0.212. The lowest BCUT2D eigenvalue weighted by atomic mass is 9.83. The Labute approximate surface area is 76.4 Å². The molecule has 0 rings (SSSR count). The van der Waals surface area contributed by atoms with Crippen LogP contribution >= 0.6 is 12.2 Å². The third-order valence-electron chi connectivity index (χ3n) is 1.91. The van der Waals surface area contributed by atoms with Crippen molar-refractivity contribution in [3.05, 3.63) is 0 Å². The molecule has 0 amide bonds.